The van der Waals surface area contributed by atoms with Crippen LogP contribution in [-0.4, -0.2) is 43.1 Å². The maximum Gasteiger partial charge on any atom is 0.348 e. The summed E-state index contributed by atoms with van der Waals surface area (Å²) >= 11 is 0.960. The summed E-state index contributed by atoms with van der Waals surface area (Å²) in [6, 6.07) is 5.00. The number of hydrogen-bond acceptors (Lipinski definition) is 6. The molecule has 9 heteroatoms. The highest BCUT2D eigenvalue weighted by Gasteiger charge is 2.28. The normalized spacial score (nSPS) is 11.5. The summed E-state index contributed by atoms with van der Waals surface area (Å²) in [6.07, 6.45) is 0. The van der Waals surface area contributed by atoms with Gasteiger partial charge in [-0.25, -0.2) is 18.8 Å². The van der Waals surface area contributed by atoms with Gasteiger partial charge in [0.15, 0.2) is 0 Å². The number of carbonyl (C=O) groups excluding carboxylic acids is 3. The molecule has 1 unspecified atom stereocenters. The van der Waals surface area contributed by atoms with Crippen LogP contribution < -0.4 is 5.32 Å². The van der Waals surface area contributed by atoms with E-state index < -0.39 is 18.0 Å². The summed E-state index contributed by atoms with van der Waals surface area (Å²) in [5.74, 6) is -1.57. The van der Waals surface area contributed by atoms with E-state index in [2.05, 4.69) is 5.32 Å². The minimum atomic E-state index is -0.633. The van der Waals surface area contributed by atoms with Gasteiger partial charge in [0, 0.05) is 7.05 Å². The number of thiophene rings is 1. The van der Waals surface area contributed by atoms with E-state index in [1.165, 1.54) is 17.0 Å². The molecule has 0 saturated carbocycles. The lowest BCUT2D eigenvalue weighted by atomic mass is 10.1. The highest BCUT2D eigenvalue weighted by Crippen LogP contribution is 2.35. The van der Waals surface area contributed by atoms with Crippen molar-refractivity contribution in [1.82, 2.24) is 4.90 Å². The van der Waals surface area contributed by atoms with E-state index in [-0.39, 0.29) is 40.5 Å². The predicted molar refractivity (Wildman–Crippen MR) is 113 cm³/mol. The number of anilines is 1. The summed E-state index contributed by atoms with van der Waals surface area (Å²) in [5.41, 5.74) is 1.26. The third-order valence-electron chi connectivity index (χ3n) is 4.56. The lowest BCUT2D eigenvalue weighted by molar-refractivity contribution is 0.0527. The molecule has 2 amide bonds. The van der Waals surface area contributed by atoms with Crippen molar-refractivity contribution in [3.8, 4) is 0 Å². The standard InChI is InChI=1S/C21H25FN2O5S/c1-6-28-19(25)16-12(3)17(20(26)29-7-2)30-18(16)23-21(27)24(5)13(4)14-8-10-15(22)11-9-14/h8-11,13H,6-7H2,1-5H3,(H,23,27). The van der Waals surface area contributed by atoms with Crippen LogP contribution in [0.4, 0.5) is 14.2 Å². The lowest BCUT2D eigenvalue weighted by Crippen LogP contribution is -2.33. The minimum Gasteiger partial charge on any atom is -0.462 e. The Kier molecular flexibility index (Phi) is 7.93. The number of hydrogen-bond donors (Lipinski definition) is 1. The van der Waals surface area contributed by atoms with Crippen LogP contribution in [0.25, 0.3) is 0 Å². The van der Waals surface area contributed by atoms with Crippen LogP contribution >= 0.6 is 11.3 Å². The first-order valence-electron chi connectivity index (χ1n) is 9.48. The van der Waals surface area contributed by atoms with E-state index in [0.29, 0.717) is 5.56 Å². The fraction of sp³-hybridized carbons (Fsp3) is 0.381. The minimum absolute atomic E-state index is 0.126. The molecule has 1 aromatic carbocycles. The summed E-state index contributed by atoms with van der Waals surface area (Å²) < 4.78 is 23.3. The highest BCUT2D eigenvalue weighted by molar-refractivity contribution is 7.18. The van der Waals surface area contributed by atoms with Crippen molar-refractivity contribution in [3.05, 3.63) is 51.7 Å². The number of amides is 2. The Morgan fingerprint density at radius 3 is 2.23 bits per heavy atom. The molecule has 0 radical (unpaired) electrons. The monoisotopic (exact) mass is 436 g/mol. The molecule has 0 aliphatic heterocycles. The Hall–Kier alpha value is -2.94. The van der Waals surface area contributed by atoms with Gasteiger partial charge in [0.25, 0.3) is 0 Å². The van der Waals surface area contributed by atoms with Crippen molar-refractivity contribution < 1.29 is 28.2 Å². The zero-order valence-electron chi connectivity index (χ0n) is 17.6. The first kappa shape index (κ1) is 23.3. The molecule has 0 aliphatic rings. The Morgan fingerprint density at radius 1 is 1.10 bits per heavy atom. The molecule has 1 N–H and O–H groups in total. The third kappa shape index (κ3) is 5.15. The van der Waals surface area contributed by atoms with Gasteiger partial charge in [-0.2, -0.15) is 0 Å². The van der Waals surface area contributed by atoms with Crippen LogP contribution in [0, 0.1) is 12.7 Å². The van der Waals surface area contributed by atoms with Crippen molar-refractivity contribution in [3.63, 3.8) is 0 Å². The SMILES string of the molecule is CCOC(=O)c1sc(NC(=O)N(C)C(C)c2ccc(F)cc2)c(C(=O)OCC)c1C. The number of rotatable bonds is 7. The van der Waals surface area contributed by atoms with E-state index >= 15 is 0 Å². The van der Waals surface area contributed by atoms with Gasteiger partial charge in [-0.15, -0.1) is 11.3 Å². The average molecular weight is 437 g/mol. The third-order valence-corrected chi connectivity index (χ3v) is 5.75. The van der Waals surface area contributed by atoms with Crippen molar-refractivity contribution in [2.24, 2.45) is 0 Å². The topological polar surface area (TPSA) is 84.9 Å². The van der Waals surface area contributed by atoms with Crippen LogP contribution in [0.3, 0.4) is 0 Å². The number of esters is 2. The van der Waals surface area contributed by atoms with Crippen LogP contribution in [-0.2, 0) is 9.47 Å². The molecule has 0 spiro atoms. The molecule has 0 fully saturated rings. The molecular weight excluding hydrogens is 411 g/mol. The van der Waals surface area contributed by atoms with Crippen LogP contribution in [0.5, 0.6) is 0 Å². The quantitative estimate of drug-likeness (QED) is 0.632. The van der Waals surface area contributed by atoms with Gasteiger partial charge in [0.1, 0.15) is 15.7 Å². The first-order chi connectivity index (χ1) is 14.2. The molecule has 0 saturated heterocycles. The Balaban J connectivity index is 2.31. The number of nitrogens with one attached hydrogen (secondary N) is 1. The molecule has 1 atom stereocenters. The Bertz CT molecular complexity index is 926. The second-order valence-electron chi connectivity index (χ2n) is 6.47. The molecule has 1 aromatic heterocycles. The number of benzene rings is 1. The zero-order chi connectivity index (χ0) is 22.4. The number of ether oxygens (including phenoxy) is 2. The predicted octanol–water partition coefficient (Wildman–Crippen LogP) is 4.77. The van der Waals surface area contributed by atoms with E-state index in [1.54, 1.807) is 46.9 Å². The van der Waals surface area contributed by atoms with Gasteiger partial charge in [0.2, 0.25) is 0 Å². The van der Waals surface area contributed by atoms with Gasteiger partial charge >= 0.3 is 18.0 Å². The summed E-state index contributed by atoms with van der Waals surface area (Å²) in [7, 11) is 1.58. The molecular formula is C21H25FN2O5S. The number of nitrogens with zero attached hydrogens (tertiary/aromatic N) is 1. The van der Waals surface area contributed by atoms with Crippen molar-refractivity contribution >= 4 is 34.3 Å². The molecule has 30 heavy (non-hydrogen) atoms. The molecule has 2 rings (SSSR count). The number of urea groups is 1. The summed E-state index contributed by atoms with van der Waals surface area (Å²) in [6.45, 7) is 7.09. The van der Waals surface area contributed by atoms with E-state index in [9.17, 15) is 18.8 Å². The smallest absolute Gasteiger partial charge is 0.348 e. The highest BCUT2D eigenvalue weighted by atomic mass is 32.1. The van der Waals surface area contributed by atoms with Crippen LogP contribution in [0.2, 0.25) is 0 Å². The van der Waals surface area contributed by atoms with Crippen molar-refractivity contribution in [2.45, 2.75) is 33.7 Å². The van der Waals surface area contributed by atoms with Crippen molar-refractivity contribution in [1.29, 1.82) is 0 Å². The van der Waals surface area contributed by atoms with Gasteiger partial charge in [-0.1, -0.05) is 12.1 Å². The second-order valence-corrected chi connectivity index (χ2v) is 7.49. The van der Waals surface area contributed by atoms with Gasteiger partial charge < -0.3 is 14.4 Å². The van der Waals surface area contributed by atoms with E-state index in [4.69, 9.17) is 9.47 Å². The largest absolute Gasteiger partial charge is 0.462 e. The molecule has 2 aromatic rings. The maximum atomic E-state index is 13.2. The van der Waals surface area contributed by atoms with Crippen LogP contribution in [0.15, 0.2) is 24.3 Å². The summed E-state index contributed by atoms with van der Waals surface area (Å²) in [5, 5.41) is 2.90. The number of carbonyl (C=O) groups is 3. The summed E-state index contributed by atoms with van der Waals surface area (Å²) in [4.78, 5) is 39.2. The molecule has 1 heterocycles. The molecule has 0 bridgehead atoms. The maximum absolute atomic E-state index is 13.2. The van der Waals surface area contributed by atoms with Crippen molar-refractivity contribution in [2.75, 3.05) is 25.6 Å². The van der Waals surface area contributed by atoms with E-state index in [0.717, 1.165) is 16.9 Å². The molecule has 0 aliphatic carbocycles. The van der Waals surface area contributed by atoms with E-state index in [1.807, 2.05) is 0 Å². The fourth-order valence-corrected chi connectivity index (χ4v) is 3.85. The molecule has 162 valence electrons. The van der Waals surface area contributed by atoms with Gasteiger partial charge in [-0.05, 0) is 51.0 Å². The fourth-order valence-electron chi connectivity index (χ4n) is 2.77. The molecule has 7 nitrogen and oxygen atoms in total. The number of halogens is 1. The Labute approximate surface area is 178 Å². The average Bonchev–Trinajstić information content (AvgIpc) is 3.03. The Morgan fingerprint density at radius 2 is 1.67 bits per heavy atom. The lowest BCUT2D eigenvalue weighted by Gasteiger charge is -2.25. The second kappa shape index (κ2) is 10.2. The van der Waals surface area contributed by atoms with Gasteiger partial charge in [-0.3, -0.25) is 5.32 Å². The zero-order valence-corrected chi connectivity index (χ0v) is 18.4. The first-order valence-corrected chi connectivity index (χ1v) is 10.3. The van der Waals surface area contributed by atoms with Crippen LogP contribution in [0.1, 0.15) is 58.0 Å². The van der Waals surface area contributed by atoms with Gasteiger partial charge in [0.05, 0.1) is 24.8 Å².